The van der Waals surface area contributed by atoms with E-state index in [0.717, 1.165) is 6.42 Å². The van der Waals surface area contributed by atoms with Crippen molar-refractivity contribution >= 4 is 0 Å². The van der Waals surface area contributed by atoms with Gasteiger partial charge in [-0.3, -0.25) is 0 Å². The van der Waals surface area contributed by atoms with Crippen LogP contribution in [0.2, 0.25) is 0 Å². The third-order valence-corrected chi connectivity index (χ3v) is 2.94. The fraction of sp³-hybridized carbons (Fsp3) is 1.00. The zero-order valence-corrected chi connectivity index (χ0v) is 19.9. The normalized spacial score (nSPS) is 13.4. The highest BCUT2D eigenvalue weighted by Gasteiger charge is 2.23. The third-order valence-electron chi connectivity index (χ3n) is 2.94. The molecule has 0 aromatic rings. The van der Waals surface area contributed by atoms with E-state index in [2.05, 4.69) is 20.8 Å². The van der Waals surface area contributed by atoms with Crippen LogP contribution >= 0.6 is 0 Å². The lowest BCUT2D eigenvalue weighted by Gasteiger charge is -2.28. The van der Waals surface area contributed by atoms with Crippen LogP contribution in [0.25, 0.3) is 0 Å². The van der Waals surface area contributed by atoms with E-state index in [1.807, 2.05) is 62.3 Å². The van der Waals surface area contributed by atoms with Crippen LogP contribution in [0.4, 0.5) is 0 Å². The Balaban J connectivity index is 0. The van der Waals surface area contributed by atoms with Crippen molar-refractivity contribution < 1.29 is 19.6 Å². The van der Waals surface area contributed by atoms with Crippen LogP contribution in [-0.4, -0.2) is 22.4 Å². The van der Waals surface area contributed by atoms with Crippen molar-refractivity contribution in [3.8, 4) is 0 Å². The summed E-state index contributed by atoms with van der Waals surface area (Å²) in [5.74, 6) is 0. The van der Waals surface area contributed by atoms with Crippen molar-refractivity contribution in [3.63, 3.8) is 0 Å². The van der Waals surface area contributed by atoms with Gasteiger partial charge >= 0.3 is 0 Å². The maximum Gasteiger partial charge on any atom is 0.0980 e. The van der Waals surface area contributed by atoms with Crippen molar-refractivity contribution in [1.29, 1.82) is 0 Å². The monoisotopic (exact) mass is 376 g/mol. The minimum Gasteiger partial charge on any atom is -0.230 e. The van der Waals surface area contributed by atoms with Crippen LogP contribution in [0, 0.1) is 0 Å². The average molecular weight is 377 g/mol. The molecule has 160 valence electrons. The molecule has 26 heavy (non-hydrogen) atoms. The van der Waals surface area contributed by atoms with Crippen molar-refractivity contribution in [2.45, 2.75) is 144 Å². The first-order chi connectivity index (χ1) is 11.5. The van der Waals surface area contributed by atoms with Crippen molar-refractivity contribution in [2.75, 3.05) is 0 Å². The van der Waals surface area contributed by atoms with Gasteiger partial charge in [-0.2, -0.15) is 0 Å². The highest BCUT2D eigenvalue weighted by molar-refractivity contribution is 4.67. The lowest BCUT2D eigenvalue weighted by molar-refractivity contribution is -0.398. The maximum atomic E-state index is 5.50. The summed E-state index contributed by atoms with van der Waals surface area (Å²) in [6, 6.07) is 0. The van der Waals surface area contributed by atoms with Gasteiger partial charge in [-0.05, 0) is 82.6 Å². The fourth-order valence-corrected chi connectivity index (χ4v) is 1.68. The van der Waals surface area contributed by atoms with E-state index in [1.54, 1.807) is 0 Å². The molecule has 0 aromatic carbocycles. The topological polar surface area (TPSA) is 36.9 Å². The summed E-state index contributed by atoms with van der Waals surface area (Å²) < 4.78 is 0. The van der Waals surface area contributed by atoms with Gasteiger partial charge in [0, 0.05) is 0 Å². The molecule has 0 bridgehead atoms. The molecule has 0 N–H and O–H groups in total. The van der Waals surface area contributed by atoms with Gasteiger partial charge in [0.1, 0.15) is 0 Å². The van der Waals surface area contributed by atoms with Gasteiger partial charge < -0.3 is 0 Å². The largest absolute Gasteiger partial charge is 0.230 e. The van der Waals surface area contributed by atoms with Gasteiger partial charge in [0.15, 0.2) is 0 Å². The quantitative estimate of drug-likeness (QED) is 0.238. The summed E-state index contributed by atoms with van der Waals surface area (Å²) in [6.45, 7) is 24.2. The van der Waals surface area contributed by atoms with Crippen LogP contribution in [-0.2, 0) is 19.6 Å². The Morgan fingerprint density at radius 1 is 0.462 bits per heavy atom. The van der Waals surface area contributed by atoms with Crippen LogP contribution < -0.4 is 0 Å². The summed E-state index contributed by atoms with van der Waals surface area (Å²) in [4.78, 5) is 21.1. The molecule has 0 radical (unpaired) electrons. The molecule has 0 saturated carbocycles. The fourth-order valence-electron chi connectivity index (χ4n) is 1.68. The first kappa shape index (κ1) is 28.1. The maximum absolute atomic E-state index is 5.50. The molecular weight excluding hydrogens is 328 g/mol. The molecule has 0 atom stereocenters. The van der Waals surface area contributed by atoms with Gasteiger partial charge in [0.05, 0.1) is 22.4 Å². The molecule has 4 nitrogen and oxygen atoms in total. The SMILES string of the molecule is CC(C)(C)OOC(C)(C)C.CCCCCCCC(C)(C)OOC(C)(C)C. The molecule has 4 heteroatoms. The Labute approximate surface area is 164 Å². The van der Waals surface area contributed by atoms with Crippen LogP contribution in [0.1, 0.15) is 122 Å². The van der Waals surface area contributed by atoms with E-state index in [4.69, 9.17) is 19.6 Å². The molecule has 0 amide bonds. The average Bonchev–Trinajstić information content (AvgIpc) is 2.42. The molecule has 0 rings (SSSR count). The third kappa shape index (κ3) is 26.1. The van der Waals surface area contributed by atoms with Crippen LogP contribution in [0.5, 0.6) is 0 Å². The second kappa shape index (κ2) is 12.3. The van der Waals surface area contributed by atoms with Crippen LogP contribution in [0.15, 0.2) is 0 Å². The van der Waals surface area contributed by atoms with Gasteiger partial charge in [0.25, 0.3) is 0 Å². The minimum atomic E-state index is -0.223. The summed E-state index contributed by atoms with van der Waals surface area (Å²) in [7, 11) is 0. The van der Waals surface area contributed by atoms with Gasteiger partial charge in [-0.25, -0.2) is 19.6 Å². The van der Waals surface area contributed by atoms with Gasteiger partial charge in [0.2, 0.25) is 0 Å². The van der Waals surface area contributed by atoms with Crippen molar-refractivity contribution in [2.24, 2.45) is 0 Å². The number of unbranched alkanes of at least 4 members (excludes halogenated alkanes) is 4. The van der Waals surface area contributed by atoms with E-state index < -0.39 is 0 Å². The molecule has 0 aliphatic rings. The van der Waals surface area contributed by atoms with Crippen molar-refractivity contribution in [1.82, 2.24) is 0 Å². The Kier molecular flexibility index (Phi) is 13.3. The molecule has 0 fully saturated rings. The second-order valence-electron chi connectivity index (χ2n) is 10.6. The van der Waals surface area contributed by atoms with Crippen LogP contribution in [0.3, 0.4) is 0 Å². The Morgan fingerprint density at radius 2 is 0.808 bits per heavy atom. The summed E-state index contributed by atoms with van der Waals surface area (Å²) in [5, 5.41) is 0. The molecule has 0 aliphatic carbocycles. The Bertz CT molecular complexity index is 316. The lowest BCUT2D eigenvalue weighted by atomic mass is 10.00. The molecule has 0 unspecified atom stereocenters. The highest BCUT2D eigenvalue weighted by atomic mass is 17.2. The Morgan fingerprint density at radius 3 is 1.15 bits per heavy atom. The zero-order chi connectivity index (χ0) is 21.1. The lowest BCUT2D eigenvalue weighted by Crippen LogP contribution is -2.30. The zero-order valence-electron chi connectivity index (χ0n) is 19.9. The highest BCUT2D eigenvalue weighted by Crippen LogP contribution is 2.22. The molecule has 0 heterocycles. The summed E-state index contributed by atoms with van der Waals surface area (Å²) in [6.07, 6.45) is 7.57. The molecule has 0 aromatic heterocycles. The van der Waals surface area contributed by atoms with E-state index in [-0.39, 0.29) is 22.4 Å². The predicted molar refractivity (Wildman–Crippen MR) is 111 cm³/mol. The number of rotatable bonds is 9. The minimum absolute atomic E-state index is 0.167. The van der Waals surface area contributed by atoms with E-state index in [9.17, 15) is 0 Å². The molecular formula is C22H48O4. The molecule has 0 aliphatic heterocycles. The van der Waals surface area contributed by atoms with E-state index in [1.165, 1.54) is 32.1 Å². The van der Waals surface area contributed by atoms with Gasteiger partial charge in [-0.1, -0.05) is 39.0 Å². The number of hydrogen-bond donors (Lipinski definition) is 0. The molecule has 0 spiro atoms. The standard InChI is InChI=1S/C14H30O2.C8H18O2/c1-7-8-9-10-11-12-14(5,6)16-15-13(2,3)4;1-7(2,3)9-10-8(4,5)6/h7-12H2,1-6H3;1-6H3. The van der Waals surface area contributed by atoms with Crippen molar-refractivity contribution in [3.05, 3.63) is 0 Å². The first-order valence-electron chi connectivity index (χ1n) is 10.2. The summed E-state index contributed by atoms with van der Waals surface area (Å²) >= 11 is 0. The first-order valence-corrected chi connectivity index (χ1v) is 10.2. The number of hydrogen-bond acceptors (Lipinski definition) is 4. The summed E-state index contributed by atoms with van der Waals surface area (Å²) in [5.41, 5.74) is -0.820. The van der Waals surface area contributed by atoms with Gasteiger partial charge in [-0.15, -0.1) is 0 Å². The smallest absolute Gasteiger partial charge is 0.0980 e. The second-order valence-corrected chi connectivity index (χ2v) is 10.6. The predicted octanol–water partition coefficient (Wildman–Crippen LogP) is 7.40. The van der Waals surface area contributed by atoms with E-state index in [0.29, 0.717) is 0 Å². The molecule has 0 saturated heterocycles. The Hall–Kier alpha value is -0.160. The van der Waals surface area contributed by atoms with E-state index >= 15 is 0 Å².